The van der Waals surface area contributed by atoms with Crippen LogP contribution in [0.15, 0.2) is 36.4 Å². The minimum Gasteiger partial charge on any atom is -0.481 e. The highest BCUT2D eigenvalue weighted by Crippen LogP contribution is 2.01. The minimum absolute atomic E-state index is 0.104. The Kier molecular flexibility index (Phi) is 4.79. The molecule has 1 N–H and O–H groups in total. The number of esters is 1. The third-order valence-electron chi connectivity index (χ3n) is 1.77. The molecule has 1 aromatic carbocycles. The number of ether oxygens (including phenoxy) is 1. The van der Waals surface area contributed by atoms with Gasteiger partial charge in [0.15, 0.2) is 0 Å². The van der Waals surface area contributed by atoms with Crippen molar-refractivity contribution in [3.8, 4) is 0 Å². The van der Waals surface area contributed by atoms with Gasteiger partial charge in [0.1, 0.15) is 6.61 Å². The number of rotatable bonds is 5. The molecule has 1 rings (SSSR count). The number of aliphatic carboxylic acids is 1. The summed E-state index contributed by atoms with van der Waals surface area (Å²) in [6, 6.07) is 9.29. The Bertz CT molecular complexity index is 381. The van der Waals surface area contributed by atoms with Crippen molar-refractivity contribution < 1.29 is 19.4 Å². The molecule has 0 heterocycles. The van der Waals surface area contributed by atoms with Gasteiger partial charge in [0.25, 0.3) is 0 Å². The summed E-state index contributed by atoms with van der Waals surface area (Å²) >= 11 is 0. The third kappa shape index (κ3) is 4.95. The van der Waals surface area contributed by atoms with E-state index in [4.69, 9.17) is 5.11 Å². The van der Waals surface area contributed by atoms with Crippen LogP contribution in [0.25, 0.3) is 6.08 Å². The van der Waals surface area contributed by atoms with Gasteiger partial charge in [-0.3, -0.25) is 4.79 Å². The van der Waals surface area contributed by atoms with E-state index in [1.165, 1.54) is 6.08 Å². The number of carboxylic acid groups (broad SMARTS) is 1. The van der Waals surface area contributed by atoms with Gasteiger partial charge in [-0.05, 0) is 11.6 Å². The van der Waals surface area contributed by atoms with E-state index in [9.17, 15) is 9.59 Å². The van der Waals surface area contributed by atoms with Crippen LogP contribution in [0.5, 0.6) is 0 Å². The van der Waals surface area contributed by atoms with Crippen molar-refractivity contribution in [2.24, 2.45) is 0 Å². The van der Waals surface area contributed by atoms with Crippen LogP contribution in [0.4, 0.5) is 0 Å². The molecule has 4 heteroatoms. The maximum absolute atomic E-state index is 11.1. The molecule has 0 aliphatic carbocycles. The van der Waals surface area contributed by atoms with Crippen molar-refractivity contribution in [1.29, 1.82) is 0 Å². The molecule has 0 radical (unpaired) electrons. The predicted molar refractivity (Wildman–Crippen MR) is 58.7 cm³/mol. The second-order valence-corrected chi connectivity index (χ2v) is 3.06. The Morgan fingerprint density at radius 2 is 1.94 bits per heavy atom. The van der Waals surface area contributed by atoms with Crippen LogP contribution >= 0.6 is 0 Å². The lowest BCUT2D eigenvalue weighted by atomic mass is 10.2. The Labute approximate surface area is 93.2 Å². The maximum Gasteiger partial charge on any atom is 0.330 e. The first-order chi connectivity index (χ1) is 7.68. The minimum atomic E-state index is -0.986. The maximum atomic E-state index is 11.1. The molecule has 0 spiro atoms. The van der Waals surface area contributed by atoms with Crippen molar-refractivity contribution >= 4 is 18.0 Å². The first-order valence-electron chi connectivity index (χ1n) is 4.80. The van der Waals surface area contributed by atoms with Crippen molar-refractivity contribution in [2.45, 2.75) is 6.42 Å². The summed E-state index contributed by atoms with van der Waals surface area (Å²) in [5.41, 5.74) is 0.887. The second-order valence-electron chi connectivity index (χ2n) is 3.06. The van der Waals surface area contributed by atoms with E-state index < -0.39 is 11.9 Å². The van der Waals surface area contributed by atoms with Crippen LogP contribution in [0.3, 0.4) is 0 Å². The van der Waals surface area contributed by atoms with E-state index in [0.717, 1.165) is 5.56 Å². The van der Waals surface area contributed by atoms with Crippen LogP contribution in [-0.4, -0.2) is 23.7 Å². The Morgan fingerprint density at radius 3 is 2.56 bits per heavy atom. The van der Waals surface area contributed by atoms with Crippen LogP contribution in [-0.2, 0) is 14.3 Å². The number of benzene rings is 1. The molecule has 0 saturated carbocycles. The summed E-state index contributed by atoms with van der Waals surface area (Å²) in [5, 5.41) is 8.32. The van der Waals surface area contributed by atoms with E-state index in [0.29, 0.717) is 0 Å². The van der Waals surface area contributed by atoms with Crippen LogP contribution < -0.4 is 0 Å². The SMILES string of the molecule is O=C(O)CCOC(=O)C=Cc1ccccc1. The van der Waals surface area contributed by atoms with Gasteiger partial charge in [0.05, 0.1) is 6.42 Å². The zero-order valence-electron chi connectivity index (χ0n) is 8.63. The van der Waals surface area contributed by atoms with Crippen molar-refractivity contribution in [3.63, 3.8) is 0 Å². The highest BCUT2D eigenvalue weighted by atomic mass is 16.5. The zero-order valence-corrected chi connectivity index (χ0v) is 8.63. The molecule has 0 aliphatic rings. The van der Waals surface area contributed by atoms with E-state index in [-0.39, 0.29) is 13.0 Å². The van der Waals surface area contributed by atoms with Gasteiger partial charge in [-0.15, -0.1) is 0 Å². The molecule has 0 fully saturated rings. The van der Waals surface area contributed by atoms with Crippen molar-refractivity contribution in [2.75, 3.05) is 6.61 Å². The highest BCUT2D eigenvalue weighted by Gasteiger charge is 2.00. The van der Waals surface area contributed by atoms with Gasteiger partial charge >= 0.3 is 11.9 Å². The van der Waals surface area contributed by atoms with Crippen LogP contribution in [0.2, 0.25) is 0 Å². The fraction of sp³-hybridized carbons (Fsp3) is 0.167. The molecule has 1 aromatic rings. The van der Waals surface area contributed by atoms with Crippen LogP contribution in [0, 0.1) is 0 Å². The summed E-state index contributed by atoms with van der Waals surface area (Å²) in [6.45, 7) is -0.104. The zero-order chi connectivity index (χ0) is 11.8. The summed E-state index contributed by atoms with van der Waals surface area (Å²) in [6.07, 6.45) is 2.71. The van der Waals surface area contributed by atoms with Gasteiger partial charge in [-0.1, -0.05) is 30.3 Å². The number of carbonyl (C=O) groups is 2. The fourth-order valence-electron chi connectivity index (χ4n) is 1.02. The Hall–Kier alpha value is -2.10. The smallest absolute Gasteiger partial charge is 0.330 e. The quantitative estimate of drug-likeness (QED) is 0.606. The molecule has 16 heavy (non-hydrogen) atoms. The fourth-order valence-corrected chi connectivity index (χ4v) is 1.02. The average Bonchev–Trinajstić information content (AvgIpc) is 2.27. The van der Waals surface area contributed by atoms with Crippen molar-refractivity contribution in [3.05, 3.63) is 42.0 Å². The average molecular weight is 220 g/mol. The molecule has 0 saturated heterocycles. The molecule has 4 nitrogen and oxygen atoms in total. The van der Waals surface area contributed by atoms with Gasteiger partial charge in [0, 0.05) is 6.08 Å². The lowest BCUT2D eigenvalue weighted by Crippen LogP contribution is -2.06. The third-order valence-corrected chi connectivity index (χ3v) is 1.77. The molecular formula is C12H12O4. The molecular weight excluding hydrogens is 208 g/mol. The van der Waals surface area contributed by atoms with Gasteiger partial charge in [0.2, 0.25) is 0 Å². The number of hydrogen-bond donors (Lipinski definition) is 1. The van der Waals surface area contributed by atoms with Crippen molar-refractivity contribution in [1.82, 2.24) is 0 Å². The van der Waals surface area contributed by atoms with Gasteiger partial charge in [-0.25, -0.2) is 4.79 Å². The first kappa shape index (κ1) is 12.0. The number of hydrogen-bond acceptors (Lipinski definition) is 3. The molecule has 0 aliphatic heterocycles. The van der Waals surface area contributed by atoms with E-state index in [1.807, 2.05) is 30.3 Å². The summed E-state index contributed by atoms with van der Waals surface area (Å²) in [5.74, 6) is -1.52. The summed E-state index contributed by atoms with van der Waals surface area (Å²) < 4.78 is 4.67. The largest absolute Gasteiger partial charge is 0.481 e. The van der Waals surface area contributed by atoms with E-state index in [2.05, 4.69) is 4.74 Å². The first-order valence-corrected chi connectivity index (χ1v) is 4.80. The highest BCUT2D eigenvalue weighted by molar-refractivity contribution is 5.87. The molecule has 0 unspecified atom stereocenters. The van der Waals surface area contributed by atoms with E-state index >= 15 is 0 Å². The lowest BCUT2D eigenvalue weighted by Gasteiger charge is -1.98. The topological polar surface area (TPSA) is 63.6 Å². The van der Waals surface area contributed by atoms with E-state index in [1.54, 1.807) is 6.08 Å². The Balaban J connectivity index is 2.34. The number of carboxylic acids is 1. The summed E-state index contributed by atoms with van der Waals surface area (Å²) in [7, 11) is 0. The van der Waals surface area contributed by atoms with Gasteiger partial charge < -0.3 is 9.84 Å². The molecule has 0 bridgehead atoms. The second kappa shape index (κ2) is 6.40. The van der Waals surface area contributed by atoms with Gasteiger partial charge in [-0.2, -0.15) is 0 Å². The lowest BCUT2D eigenvalue weighted by molar-refractivity contribution is -0.142. The predicted octanol–water partition coefficient (Wildman–Crippen LogP) is 1.72. The van der Waals surface area contributed by atoms with Crippen LogP contribution in [0.1, 0.15) is 12.0 Å². The number of carbonyl (C=O) groups excluding carboxylic acids is 1. The standard InChI is InChI=1S/C12H12O4/c13-11(14)8-9-16-12(15)7-6-10-4-2-1-3-5-10/h1-7H,8-9H2,(H,13,14). The molecule has 0 aromatic heterocycles. The summed E-state index contributed by atoms with van der Waals surface area (Å²) in [4.78, 5) is 21.2. The molecule has 0 amide bonds. The molecule has 0 atom stereocenters. The molecule has 84 valence electrons. The Morgan fingerprint density at radius 1 is 1.25 bits per heavy atom. The normalized spacial score (nSPS) is 10.2. The monoisotopic (exact) mass is 220 g/mol.